The molecule has 0 unspecified atom stereocenters. The second kappa shape index (κ2) is 10.0. The van der Waals surface area contributed by atoms with E-state index in [0.717, 1.165) is 35.5 Å². The quantitative estimate of drug-likeness (QED) is 0.598. The van der Waals surface area contributed by atoms with Crippen molar-refractivity contribution in [2.45, 2.75) is 45.1 Å². The average molecular weight is 449 g/mol. The zero-order chi connectivity index (χ0) is 23.4. The summed E-state index contributed by atoms with van der Waals surface area (Å²) < 4.78 is 13.1. The highest BCUT2D eigenvalue weighted by Crippen LogP contribution is 2.28. The summed E-state index contributed by atoms with van der Waals surface area (Å²) in [5.41, 5.74) is 9.08. The maximum absolute atomic E-state index is 13.1. The number of aromatic nitrogens is 3. The molecule has 8 heteroatoms. The fourth-order valence-corrected chi connectivity index (χ4v) is 4.21. The largest absolute Gasteiger partial charge is 0.341 e. The molecule has 2 aromatic heterocycles. The smallest absolute Gasteiger partial charge is 0.239 e. The summed E-state index contributed by atoms with van der Waals surface area (Å²) in [6.07, 6.45) is 3.96. The Kier molecular flexibility index (Phi) is 6.93. The van der Waals surface area contributed by atoms with Crippen molar-refractivity contribution in [3.8, 4) is 0 Å². The Balaban J connectivity index is 1.44. The Morgan fingerprint density at radius 3 is 2.73 bits per heavy atom. The molecule has 3 N–H and O–H groups in total. The second-order valence-electron chi connectivity index (χ2n) is 8.63. The number of aryl methyl sites for hydroxylation is 2. The van der Waals surface area contributed by atoms with Gasteiger partial charge < -0.3 is 16.0 Å². The molecule has 33 heavy (non-hydrogen) atoms. The van der Waals surface area contributed by atoms with Gasteiger partial charge in [0.25, 0.3) is 0 Å². The van der Waals surface area contributed by atoms with Gasteiger partial charge in [-0.05, 0) is 68.5 Å². The molecule has 1 aliphatic heterocycles. The van der Waals surface area contributed by atoms with Gasteiger partial charge in [-0.15, -0.1) is 0 Å². The van der Waals surface area contributed by atoms with Crippen molar-refractivity contribution in [2.24, 2.45) is 5.73 Å². The molecule has 0 aliphatic carbocycles. The Morgan fingerprint density at radius 1 is 1.18 bits per heavy atom. The molecular weight excluding hydrogens is 419 g/mol. The van der Waals surface area contributed by atoms with Crippen LogP contribution in [0.4, 0.5) is 16.0 Å². The lowest BCUT2D eigenvalue weighted by Crippen LogP contribution is -2.48. The molecule has 0 bridgehead atoms. The summed E-state index contributed by atoms with van der Waals surface area (Å²) in [5.74, 6) is 1.80. The van der Waals surface area contributed by atoms with Crippen LogP contribution in [0.1, 0.15) is 41.4 Å². The van der Waals surface area contributed by atoms with Crippen molar-refractivity contribution in [1.82, 2.24) is 19.9 Å². The molecule has 1 aromatic carbocycles. The molecule has 0 saturated carbocycles. The van der Waals surface area contributed by atoms with E-state index >= 15 is 0 Å². The molecule has 0 spiro atoms. The summed E-state index contributed by atoms with van der Waals surface area (Å²) in [6, 6.07) is 11.3. The number of carbonyl (C=O) groups excluding carboxylic acids is 1. The lowest BCUT2D eigenvalue weighted by atomic mass is 9.93. The molecule has 1 aliphatic rings. The van der Waals surface area contributed by atoms with E-state index in [9.17, 15) is 9.18 Å². The van der Waals surface area contributed by atoms with Gasteiger partial charge in [-0.2, -0.15) is 0 Å². The molecule has 2 atom stereocenters. The first kappa shape index (κ1) is 22.8. The number of likely N-dealkylation sites (tertiary alicyclic amines) is 1. The number of halogens is 1. The van der Waals surface area contributed by atoms with Crippen LogP contribution in [0.2, 0.25) is 0 Å². The van der Waals surface area contributed by atoms with E-state index < -0.39 is 6.04 Å². The van der Waals surface area contributed by atoms with Crippen LogP contribution in [-0.4, -0.2) is 44.9 Å². The number of nitrogens with one attached hydrogen (secondary N) is 1. The summed E-state index contributed by atoms with van der Waals surface area (Å²) >= 11 is 0. The van der Waals surface area contributed by atoms with Crippen molar-refractivity contribution in [3.63, 3.8) is 0 Å². The summed E-state index contributed by atoms with van der Waals surface area (Å²) in [4.78, 5) is 28.4. The fourth-order valence-electron chi connectivity index (χ4n) is 4.21. The van der Waals surface area contributed by atoms with E-state index in [1.54, 1.807) is 18.3 Å². The first-order valence-electron chi connectivity index (χ1n) is 11.2. The number of pyridine rings is 1. The van der Waals surface area contributed by atoms with Gasteiger partial charge in [0, 0.05) is 31.3 Å². The number of piperidine rings is 1. The number of hydrogen-bond donors (Lipinski definition) is 2. The van der Waals surface area contributed by atoms with Gasteiger partial charge in [0.1, 0.15) is 23.3 Å². The lowest BCUT2D eigenvalue weighted by molar-refractivity contribution is -0.133. The maximum Gasteiger partial charge on any atom is 0.239 e. The van der Waals surface area contributed by atoms with E-state index in [1.807, 2.05) is 36.9 Å². The predicted octanol–water partition coefficient (Wildman–Crippen LogP) is 3.65. The molecule has 1 amide bonds. The standard InChI is InChI=1S/C25H29FN6O/c1-16-9-10-28-23(12-16)31-24-14-22(29-17(2)30-24)19-4-3-11-32(15-19)25(33)21(27)13-18-5-7-20(26)8-6-18/h5-10,12,14,19,21H,3-4,11,13,15,27H2,1-2H3,(H,28,29,30,31)/t19-,21+/m0/s1. The Bertz CT molecular complexity index is 1120. The highest BCUT2D eigenvalue weighted by molar-refractivity contribution is 5.82. The fraction of sp³-hybridized carbons (Fsp3) is 0.360. The summed E-state index contributed by atoms with van der Waals surface area (Å²) in [7, 11) is 0. The number of carbonyl (C=O) groups is 1. The zero-order valence-corrected chi connectivity index (χ0v) is 19.0. The van der Waals surface area contributed by atoms with Crippen molar-refractivity contribution in [3.05, 3.63) is 77.1 Å². The normalized spacial score (nSPS) is 17.0. The van der Waals surface area contributed by atoms with Crippen LogP contribution in [-0.2, 0) is 11.2 Å². The Morgan fingerprint density at radius 2 is 1.97 bits per heavy atom. The minimum atomic E-state index is -0.661. The van der Waals surface area contributed by atoms with Crippen molar-refractivity contribution in [2.75, 3.05) is 18.4 Å². The molecule has 1 fully saturated rings. The highest BCUT2D eigenvalue weighted by atomic mass is 19.1. The number of nitrogens with zero attached hydrogens (tertiary/aromatic N) is 4. The van der Waals surface area contributed by atoms with E-state index in [-0.39, 0.29) is 17.6 Å². The van der Waals surface area contributed by atoms with Crippen LogP contribution < -0.4 is 11.1 Å². The highest BCUT2D eigenvalue weighted by Gasteiger charge is 2.29. The van der Waals surface area contributed by atoms with Gasteiger partial charge in [0.2, 0.25) is 5.91 Å². The van der Waals surface area contributed by atoms with Crippen molar-refractivity contribution >= 4 is 17.5 Å². The van der Waals surface area contributed by atoms with E-state index in [0.29, 0.717) is 31.2 Å². The van der Waals surface area contributed by atoms with Crippen LogP contribution in [0.5, 0.6) is 0 Å². The van der Waals surface area contributed by atoms with Crippen LogP contribution in [0, 0.1) is 19.7 Å². The van der Waals surface area contributed by atoms with E-state index in [4.69, 9.17) is 5.73 Å². The first-order chi connectivity index (χ1) is 15.9. The average Bonchev–Trinajstić information content (AvgIpc) is 2.80. The van der Waals surface area contributed by atoms with Crippen LogP contribution in [0.25, 0.3) is 0 Å². The van der Waals surface area contributed by atoms with Crippen LogP contribution in [0.15, 0.2) is 48.7 Å². The Hall–Kier alpha value is -3.39. The van der Waals surface area contributed by atoms with Gasteiger partial charge in [0.15, 0.2) is 0 Å². The third-order valence-electron chi connectivity index (χ3n) is 5.87. The number of benzene rings is 1. The molecule has 7 nitrogen and oxygen atoms in total. The Labute approximate surface area is 193 Å². The number of hydrogen-bond acceptors (Lipinski definition) is 6. The first-order valence-corrected chi connectivity index (χ1v) is 11.2. The number of anilines is 2. The minimum Gasteiger partial charge on any atom is -0.341 e. The van der Waals surface area contributed by atoms with E-state index in [1.165, 1.54) is 12.1 Å². The third-order valence-corrected chi connectivity index (χ3v) is 5.87. The number of rotatable bonds is 6. The molecule has 0 radical (unpaired) electrons. The third kappa shape index (κ3) is 5.90. The van der Waals surface area contributed by atoms with E-state index in [2.05, 4.69) is 20.3 Å². The SMILES string of the molecule is Cc1ccnc(Nc2cc([C@H]3CCCN(C(=O)[C@H](N)Cc4ccc(F)cc4)C3)nc(C)n2)c1. The topological polar surface area (TPSA) is 97.0 Å². The molecule has 3 aromatic rings. The molecule has 1 saturated heterocycles. The molecule has 172 valence electrons. The van der Waals surface area contributed by atoms with Gasteiger partial charge in [-0.25, -0.2) is 19.3 Å². The number of nitrogens with two attached hydrogens (primary N) is 1. The summed E-state index contributed by atoms with van der Waals surface area (Å²) in [6.45, 7) is 5.12. The molecular formula is C25H29FN6O. The van der Waals surface area contributed by atoms with Gasteiger partial charge >= 0.3 is 0 Å². The maximum atomic E-state index is 13.1. The van der Waals surface area contributed by atoms with Crippen LogP contribution >= 0.6 is 0 Å². The van der Waals surface area contributed by atoms with Gasteiger partial charge in [-0.3, -0.25) is 4.79 Å². The zero-order valence-electron chi connectivity index (χ0n) is 19.0. The minimum absolute atomic E-state index is 0.0860. The monoisotopic (exact) mass is 448 g/mol. The van der Waals surface area contributed by atoms with Crippen molar-refractivity contribution in [1.29, 1.82) is 0 Å². The predicted molar refractivity (Wildman–Crippen MR) is 126 cm³/mol. The molecule has 3 heterocycles. The van der Waals surface area contributed by atoms with Gasteiger partial charge in [-0.1, -0.05) is 12.1 Å². The number of amides is 1. The van der Waals surface area contributed by atoms with Crippen LogP contribution in [0.3, 0.4) is 0 Å². The second-order valence-corrected chi connectivity index (χ2v) is 8.63. The lowest BCUT2D eigenvalue weighted by Gasteiger charge is -2.34. The van der Waals surface area contributed by atoms with Crippen molar-refractivity contribution < 1.29 is 9.18 Å². The van der Waals surface area contributed by atoms with Gasteiger partial charge in [0.05, 0.1) is 11.7 Å². The summed E-state index contributed by atoms with van der Waals surface area (Å²) in [5, 5.41) is 3.26. The molecule has 4 rings (SSSR count).